The molecule has 1 unspecified atom stereocenters. The van der Waals surface area contributed by atoms with Crippen molar-refractivity contribution < 1.29 is 4.52 Å². The minimum absolute atomic E-state index is 0.00880. The fourth-order valence-electron chi connectivity index (χ4n) is 1.41. The monoisotopic (exact) mass is 234 g/mol. The van der Waals surface area contributed by atoms with Crippen molar-refractivity contribution >= 4 is 0 Å². The third-order valence-electron chi connectivity index (χ3n) is 2.49. The molecule has 0 aliphatic rings. The standard InChI is InChI=1S/C11H14N4O2/c1-2-7(12)5-10-14-11(17-15-10)8-6-13-4-3-9(8)16/h3-4,6-7H,2,5,12H2,1H3,(H,13,16). The minimum Gasteiger partial charge on any atom is -0.367 e. The third kappa shape index (κ3) is 2.59. The van der Waals surface area contributed by atoms with E-state index in [2.05, 4.69) is 15.1 Å². The van der Waals surface area contributed by atoms with Crippen molar-refractivity contribution in [2.45, 2.75) is 25.8 Å². The van der Waals surface area contributed by atoms with Gasteiger partial charge in [-0.05, 0) is 6.42 Å². The highest BCUT2D eigenvalue weighted by Crippen LogP contribution is 2.12. The first kappa shape index (κ1) is 11.5. The summed E-state index contributed by atoms with van der Waals surface area (Å²) in [6.07, 6.45) is 4.48. The van der Waals surface area contributed by atoms with Gasteiger partial charge < -0.3 is 15.2 Å². The molecule has 2 aromatic heterocycles. The molecule has 0 aromatic carbocycles. The summed E-state index contributed by atoms with van der Waals surface area (Å²) in [5, 5.41) is 3.80. The highest BCUT2D eigenvalue weighted by Gasteiger charge is 2.13. The summed E-state index contributed by atoms with van der Waals surface area (Å²) in [5.41, 5.74) is 6.01. The topological polar surface area (TPSA) is 97.8 Å². The van der Waals surface area contributed by atoms with Crippen LogP contribution in [0.3, 0.4) is 0 Å². The van der Waals surface area contributed by atoms with E-state index in [1.807, 2.05) is 6.92 Å². The number of nitrogens with one attached hydrogen (secondary N) is 1. The van der Waals surface area contributed by atoms with Crippen LogP contribution in [0.25, 0.3) is 11.5 Å². The molecule has 1 atom stereocenters. The molecule has 0 saturated heterocycles. The van der Waals surface area contributed by atoms with Gasteiger partial charge in [-0.25, -0.2) is 0 Å². The van der Waals surface area contributed by atoms with Gasteiger partial charge in [-0.15, -0.1) is 0 Å². The quantitative estimate of drug-likeness (QED) is 0.811. The Balaban J connectivity index is 2.24. The number of hydrogen-bond donors (Lipinski definition) is 2. The van der Waals surface area contributed by atoms with Crippen LogP contribution >= 0.6 is 0 Å². The Morgan fingerprint density at radius 3 is 3.12 bits per heavy atom. The maximum absolute atomic E-state index is 11.5. The van der Waals surface area contributed by atoms with Crippen molar-refractivity contribution in [3.05, 3.63) is 34.5 Å². The summed E-state index contributed by atoms with van der Waals surface area (Å²) in [6.45, 7) is 1.99. The van der Waals surface area contributed by atoms with Gasteiger partial charge >= 0.3 is 0 Å². The van der Waals surface area contributed by atoms with E-state index in [-0.39, 0.29) is 17.4 Å². The van der Waals surface area contributed by atoms with Crippen LogP contribution in [0.1, 0.15) is 19.2 Å². The second-order valence-electron chi connectivity index (χ2n) is 3.81. The van der Waals surface area contributed by atoms with E-state index in [1.54, 1.807) is 12.4 Å². The molecule has 2 rings (SSSR count). The Bertz CT molecular complexity index is 546. The summed E-state index contributed by atoms with van der Waals surface area (Å²) < 4.78 is 5.04. The normalized spacial score (nSPS) is 12.6. The van der Waals surface area contributed by atoms with E-state index in [1.165, 1.54) is 6.07 Å². The predicted molar refractivity (Wildman–Crippen MR) is 62.3 cm³/mol. The lowest BCUT2D eigenvalue weighted by molar-refractivity contribution is 0.418. The van der Waals surface area contributed by atoms with Gasteiger partial charge in [-0.3, -0.25) is 4.79 Å². The van der Waals surface area contributed by atoms with Gasteiger partial charge in [0.25, 0.3) is 5.89 Å². The van der Waals surface area contributed by atoms with E-state index >= 15 is 0 Å². The molecule has 6 nitrogen and oxygen atoms in total. The van der Waals surface area contributed by atoms with Crippen LogP contribution in [0, 0.1) is 0 Å². The molecule has 0 saturated carbocycles. The van der Waals surface area contributed by atoms with Crippen molar-refractivity contribution in [2.75, 3.05) is 0 Å². The zero-order chi connectivity index (χ0) is 12.3. The first-order chi connectivity index (χ1) is 8.20. The number of pyridine rings is 1. The number of nitrogens with two attached hydrogens (primary N) is 1. The summed E-state index contributed by atoms with van der Waals surface area (Å²) in [4.78, 5) is 18.5. The number of nitrogens with zero attached hydrogens (tertiary/aromatic N) is 2. The molecule has 0 aliphatic carbocycles. The van der Waals surface area contributed by atoms with Crippen LogP contribution in [-0.2, 0) is 6.42 Å². The highest BCUT2D eigenvalue weighted by molar-refractivity contribution is 5.50. The van der Waals surface area contributed by atoms with Crippen molar-refractivity contribution in [3.8, 4) is 11.5 Å². The largest absolute Gasteiger partial charge is 0.367 e. The van der Waals surface area contributed by atoms with E-state index in [0.717, 1.165) is 6.42 Å². The van der Waals surface area contributed by atoms with Gasteiger partial charge in [0.1, 0.15) is 5.56 Å². The molecule has 0 aliphatic heterocycles. The molecule has 0 bridgehead atoms. The average Bonchev–Trinajstić information content (AvgIpc) is 2.78. The summed E-state index contributed by atoms with van der Waals surface area (Å²) in [7, 11) is 0. The van der Waals surface area contributed by atoms with Gasteiger partial charge in [0.15, 0.2) is 11.3 Å². The summed E-state index contributed by atoms with van der Waals surface area (Å²) in [6, 6.07) is 1.42. The van der Waals surface area contributed by atoms with Gasteiger partial charge in [0.05, 0.1) is 0 Å². The van der Waals surface area contributed by atoms with Crippen LogP contribution in [0.2, 0.25) is 0 Å². The van der Waals surface area contributed by atoms with Crippen molar-refractivity contribution in [1.29, 1.82) is 0 Å². The Hall–Kier alpha value is -1.95. The van der Waals surface area contributed by atoms with E-state index < -0.39 is 0 Å². The lowest BCUT2D eigenvalue weighted by atomic mass is 10.2. The van der Waals surface area contributed by atoms with Gasteiger partial charge in [-0.2, -0.15) is 4.98 Å². The first-order valence-electron chi connectivity index (χ1n) is 5.46. The summed E-state index contributed by atoms with van der Waals surface area (Å²) in [5.74, 6) is 0.753. The zero-order valence-corrected chi connectivity index (χ0v) is 9.51. The second kappa shape index (κ2) is 4.92. The summed E-state index contributed by atoms with van der Waals surface area (Å²) >= 11 is 0. The number of H-pyrrole nitrogens is 1. The Morgan fingerprint density at radius 1 is 1.59 bits per heavy atom. The second-order valence-corrected chi connectivity index (χ2v) is 3.81. The number of hydrogen-bond acceptors (Lipinski definition) is 5. The van der Waals surface area contributed by atoms with E-state index in [4.69, 9.17) is 10.3 Å². The lowest BCUT2D eigenvalue weighted by Gasteiger charge is -2.02. The molecule has 0 amide bonds. The lowest BCUT2D eigenvalue weighted by Crippen LogP contribution is -2.22. The van der Waals surface area contributed by atoms with Crippen LogP contribution < -0.4 is 11.2 Å². The molecule has 3 N–H and O–H groups in total. The van der Waals surface area contributed by atoms with Gasteiger partial charge in [0, 0.05) is 30.9 Å². The van der Waals surface area contributed by atoms with Crippen LogP contribution in [0.5, 0.6) is 0 Å². The smallest absolute Gasteiger partial charge is 0.263 e. The predicted octanol–water partition coefficient (Wildman–Crippen LogP) is 0.705. The molecule has 6 heteroatoms. The number of aromatic amines is 1. The number of rotatable bonds is 4. The van der Waals surface area contributed by atoms with E-state index in [0.29, 0.717) is 17.8 Å². The van der Waals surface area contributed by atoms with Crippen LogP contribution in [-0.4, -0.2) is 21.2 Å². The maximum Gasteiger partial charge on any atom is 0.263 e. The zero-order valence-electron chi connectivity index (χ0n) is 9.51. The molecule has 0 fully saturated rings. The molecule has 0 radical (unpaired) electrons. The van der Waals surface area contributed by atoms with Crippen molar-refractivity contribution in [3.63, 3.8) is 0 Å². The minimum atomic E-state index is -0.154. The third-order valence-corrected chi connectivity index (χ3v) is 2.49. The fourth-order valence-corrected chi connectivity index (χ4v) is 1.41. The molecule has 2 aromatic rings. The maximum atomic E-state index is 11.5. The fraction of sp³-hybridized carbons (Fsp3) is 0.364. The van der Waals surface area contributed by atoms with Crippen molar-refractivity contribution in [1.82, 2.24) is 15.1 Å². The van der Waals surface area contributed by atoms with Crippen LogP contribution in [0.15, 0.2) is 27.8 Å². The number of aromatic nitrogens is 3. The van der Waals surface area contributed by atoms with E-state index in [9.17, 15) is 4.79 Å². The first-order valence-corrected chi connectivity index (χ1v) is 5.46. The Kier molecular flexibility index (Phi) is 3.34. The SMILES string of the molecule is CCC(N)Cc1noc(-c2c[nH]ccc2=O)n1. The van der Waals surface area contributed by atoms with Gasteiger partial charge in [0.2, 0.25) is 0 Å². The molecule has 17 heavy (non-hydrogen) atoms. The molecule has 2 heterocycles. The molecular formula is C11H14N4O2. The Labute approximate surface area is 97.9 Å². The highest BCUT2D eigenvalue weighted by atomic mass is 16.5. The average molecular weight is 234 g/mol. The van der Waals surface area contributed by atoms with Crippen LogP contribution in [0.4, 0.5) is 0 Å². The van der Waals surface area contributed by atoms with Gasteiger partial charge in [-0.1, -0.05) is 12.1 Å². The van der Waals surface area contributed by atoms with Crippen molar-refractivity contribution in [2.24, 2.45) is 5.73 Å². The molecule has 90 valence electrons. The molecular weight excluding hydrogens is 220 g/mol. The molecule has 0 spiro atoms. The Morgan fingerprint density at radius 2 is 2.41 bits per heavy atom.